The Morgan fingerprint density at radius 2 is 1.87 bits per heavy atom. The first kappa shape index (κ1) is 18.0. The maximum Gasteiger partial charge on any atom is 0.0886 e. The highest BCUT2D eigenvalue weighted by Crippen LogP contribution is 2.43. The highest BCUT2D eigenvalue weighted by Gasteiger charge is 2.47. The zero-order chi connectivity index (χ0) is 20.2. The van der Waals surface area contributed by atoms with Crippen LogP contribution in [0.2, 0.25) is 0 Å². The van der Waals surface area contributed by atoms with Crippen LogP contribution in [0.1, 0.15) is 32.1 Å². The summed E-state index contributed by atoms with van der Waals surface area (Å²) in [6, 6.07) is 8.74. The van der Waals surface area contributed by atoms with Crippen molar-refractivity contribution in [2.45, 2.75) is 50.2 Å². The van der Waals surface area contributed by atoms with Gasteiger partial charge in [0.2, 0.25) is 0 Å². The Morgan fingerprint density at radius 1 is 1.07 bits per heavy atom. The van der Waals surface area contributed by atoms with E-state index in [0.29, 0.717) is 24.0 Å². The minimum atomic E-state index is 0.629. The van der Waals surface area contributed by atoms with Gasteiger partial charge in [0.25, 0.3) is 0 Å². The summed E-state index contributed by atoms with van der Waals surface area (Å²) < 4.78 is 3.84. The number of nitriles is 1. The molecule has 0 unspecified atom stereocenters. The lowest BCUT2D eigenvalue weighted by molar-refractivity contribution is 0.0298. The minimum absolute atomic E-state index is 0.629. The lowest BCUT2D eigenvalue weighted by atomic mass is 9.77. The van der Waals surface area contributed by atoms with E-state index in [1.165, 1.54) is 36.9 Å². The SMILES string of the molecule is Cn1cc(-c2cc3c(N4C[C@H]5CC[C@H](C4)N5C4CC(CC#N)C4)ccnn3c2)cn1. The van der Waals surface area contributed by atoms with E-state index in [2.05, 4.69) is 44.4 Å². The van der Waals surface area contributed by atoms with Gasteiger partial charge in [0.15, 0.2) is 0 Å². The molecule has 0 aromatic carbocycles. The monoisotopic (exact) mass is 401 g/mol. The molecule has 0 N–H and O–H groups in total. The third-order valence-corrected chi connectivity index (χ3v) is 7.42. The van der Waals surface area contributed by atoms with Crippen molar-refractivity contribution in [3.8, 4) is 17.2 Å². The second-order valence-corrected chi connectivity index (χ2v) is 9.27. The predicted molar refractivity (Wildman–Crippen MR) is 115 cm³/mol. The summed E-state index contributed by atoms with van der Waals surface area (Å²) in [5.74, 6) is 0.629. The van der Waals surface area contributed by atoms with Crippen molar-refractivity contribution in [1.82, 2.24) is 24.3 Å². The van der Waals surface area contributed by atoms with Gasteiger partial charge in [-0.25, -0.2) is 4.52 Å². The lowest BCUT2D eigenvalue weighted by Crippen LogP contribution is -2.60. The van der Waals surface area contributed by atoms with Crippen molar-refractivity contribution in [3.05, 3.63) is 36.9 Å². The van der Waals surface area contributed by atoms with Crippen LogP contribution in [0.3, 0.4) is 0 Å². The summed E-state index contributed by atoms with van der Waals surface area (Å²) in [5.41, 5.74) is 4.73. The van der Waals surface area contributed by atoms with Crippen LogP contribution < -0.4 is 4.90 Å². The molecule has 2 saturated heterocycles. The van der Waals surface area contributed by atoms with Gasteiger partial charge in [0, 0.05) is 74.4 Å². The average molecular weight is 402 g/mol. The van der Waals surface area contributed by atoms with Crippen molar-refractivity contribution >= 4 is 11.2 Å². The molecule has 3 fully saturated rings. The predicted octanol–water partition coefficient (Wildman–Crippen LogP) is 3.08. The fraction of sp³-hybridized carbons (Fsp3) is 0.522. The standard InChI is InChI=1S/C23H27N7/c1-27-12-18(11-26-27)17-10-23-22(5-7-25-29(23)13-17)28-14-19-2-3-20(15-28)30(19)21-8-16(9-21)4-6-24/h5,7,10-13,16,19-21H,2-4,8-9,14-15H2,1H3/t16?,19-,20-,21?/m1/s1. The quantitative estimate of drug-likeness (QED) is 0.672. The highest BCUT2D eigenvalue weighted by atomic mass is 15.4. The van der Waals surface area contributed by atoms with Crippen LogP contribution in [0.25, 0.3) is 16.6 Å². The van der Waals surface area contributed by atoms with Gasteiger partial charge in [0.05, 0.1) is 23.5 Å². The first-order valence-electron chi connectivity index (χ1n) is 11.1. The van der Waals surface area contributed by atoms with Crippen LogP contribution in [-0.4, -0.2) is 55.5 Å². The summed E-state index contributed by atoms with van der Waals surface area (Å²) in [6.07, 6.45) is 13.7. The number of fused-ring (bicyclic) bond motifs is 3. The molecule has 5 heterocycles. The number of rotatable bonds is 4. The Labute approximate surface area is 176 Å². The molecule has 0 spiro atoms. The van der Waals surface area contributed by atoms with Crippen LogP contribution in [0.4, 0.5) is 5.69 Å². The summed E-state index contributed by atoms with van der Waals surface area (Å²) in [4.78, 5) is 5.39. The number of hydrogen-bond acceptors (Lipinski definition) is 5. The van der Waals surface area contributed by atoms with E-state index in [0.717, 1.165) is 30.6 Å². The molecule has 6 rings (SSSR count). The molecule has 7 nitrogen and oxygen atoms in total. The number of piperazine rings is 1. The van der Waals surface area contributed by atoms with E-state index >= 15 is 0 Å². The molecule has 1 aliphatic carbocycles. The normalized spacial score (nSPS) is 28.6. The third kappa shape index (κ3) is 2.82. The Morgan fingerprint density at radius 3 is 2.57 bits per heavy atom. The molecule has 7 heteroatoms. The molecular weight excluding hydrogens is 374 g/mol. The van der Waals surface area contributed by atoms with Crippen molar-refractivity contribution < 1.29 is 0 Å². The lowest BCUT2D eigenvalue weighted by Gasteiger charge is -2.50. The molecule has 3 aromatic rings. The first-order chi connectivity index (χ1) is 14.7. The molecule has 1 saturated carbocycles. The molecule has 2 bridgehead atoms. The fourth-order valence-corrected chi connectivity index (χ4v) is 5.96. The van der Waals surface area contributed by atoms with E-state index in [4.69, 9.17) is 5.26 Å². The van der Waals surface area contributed by atoms with E-state index in [9.17, 15) is 0 Å². The van der Waals surface area contributed by atoms with Gasteiger partial charge < -0.3 is 4.90 Å². The molecule has 3 aromatic heterocycles. The first-order valence-corrected chi connectivity index (χ1v) is 11.1. The molecule has 0 amide bonds. The van der Waals surface area contributed by atoms with E-state index < -0.39 is 0 Å². The van der Waals surface area contributed by atoms with E-state index in [1.807, 2.05) is 34.8 Å². The van der Waals surface area contributed by atoms with Crippen molar-refractivity contribution in [3.63, 3.8) is 0 Å². The summed E-state index contributed by atoms with van der Waals surface area (Å²) in [6.45, 7) is 2.17. The Balaban J connectivity index is 1.25. The van der Waals surface area contributed by atoms with Gasteiger partial charge in [-0.3, -0.25) is 9.58 Å². The molecule has 0 radical (unpaired) electrons. The largest absolute Gasteiger partial charge is 0.367 e. The number of anilines is 1. The summed E-state index contributed by atoms with van der Waals surface area (Å²) >= 11 is 0. The van der Waals surface area contributed by atoms with Crippen LogP contribution in [-0.2, 0) is 7.05 Å². The zero-order valence-electron chi connectivity index (χ0n) is 17.4. The van der Waals surface area contributed by atoms with Gasteiger partial charge in [-0.05, 0) is 43.7 Å². The fourth-order valence-electron chi connectivity index (χ4n) is 5.96. The number of aryl methyl sites for hydroxylation is 1. The van der Waals surface area contributed by atoms with Crippen LogP contribution in [0.5, 0.6) is 0 Å². The van der Waals surface area contributed by atoms with Crippen molar-refractivity contribution in [2.24, 2.45) is 13.0 Å². The van der Waals surface area contributed by atoms with Crippen LogP contribution in [0.15, 0.2) is 36.9 Å². The Kier molecular flexibility index (Phi) is 4.10. The summed E-state index contributed by atoms with van der Waals surface area (Å²) in [5, 5.41) is 17.8. The molecule has 3 aliphatic rings. The highest BCUT2D eigenvalue weighted by molar-refractivity contribution is 5.79. The smallest absolute Gasteiger partial charge is 0.0886 e. The van der Waals surface area contributed by atoms with Crippen molar-refractivity contribution in [1.29, 1.82) is 5.26 Å². The van der Waals surface area contributed by atoms with Gasteiger partial charge in [-0.15, -0.1) is 0 Å². The number of hydrogen-bond donors (Lipinski definition) is 0. The maximum absolute atomic E-state index is 8.96. The molecule has 154 valence electrons. The van der Waals surface area contributed by atoms with Gasteiger partial charge in [0.1, 0.15) is 0 Å². The molecule has 2 aliphatic heterocycles. The maximum atomic E-state index is 8.96. The molecule has 2 atom stereocenters. The second-order valence-electron chi connectivity index (χ2n) is 9.27. The summed E-state index contributed by atoms with van der Waals surface area (Å²) in [7, 11) is 1.95. The second kappa shape index (κ2) is 6.85. The van der Waals surface area contributed by atoms with Gasteiger partial charge >= 0.3 is 0 Å². The Bertz CT molecular complexity index is 1100. The molecular formula is C23H27N7. The Hall–Kier alpha value is -2.85. The zero-order valence-corrected chi connectivity index (χ0v) is 17.4. The van der Waals surface area contributed by atoms with Crippen LogP contribution in [0, 0.1) is 17.2 Å². The third-order valence-electron chi connectivity index (χ3n) is 7.42. The minimum Gasteiger partial charge on any atom is -0.367 e. The molecule has 30 heavy (non-hydrogen) atoms. The van der Waals surface area contributed by atoms with E-state index in [1.54, 1.807) is 0 Å². The van der Waals surface area contributed by atoms with Gasteiger partial charge in [-0.2, -0.15) is 15.5 Å². The van der Waals surface area contributed by atoms with E-state index in [-0.39, 0.29) is 0 Å². The topological polar surface area (TPSA) is 65.4 Å². The van der Waals surface area contributed by atoms with Crippen molar-refractivity contribution in [2.75, 3.05) is 18.0 Å². The van der Waals surface area contributed by atoms with Crippen LogP contribution >= 0.6 is 0 Å². The van der Waals surface area contributed by atoms with Gasteiger partial charge in [-0.1, -0.05) is 0 Å². The average Bonchev–Trinajstić information content (AvgIpc) is 3.39. The number of aromatic nitrogens is 4. The number of nitrogens with zero attached hydrogens (tertiary/aromatic N) is 7.